The number of anilines is 1. The molecule has 11 heteroatoms. The van der Waals surface area contributed by atoms with Crippen LogP contribution in [-0.2, 0) is 6.18 Å². The molecule has 0 spiro atoms. The zero-order valence-electron chi connectivity index (χ0n) is 17.9. The van der Waals surface area contributed by atoms with Crippen LogP contribution in [0.15, 0.2) is 55.2 Å². The Morgan fingerprint density at radius 3 is 2.58 bits per heavy atom. The molecule has 3 aromatic rings. The molecule has 33 heavy (non-hydrogen) atoms. The summed E-state index contributed by atoms with van der Waals surface area (Å²) in [4.78, 5) is 24.6. The molecule has 1 N–H and O–H groups in total. The first-order chi connectivity index (χ1) is 15.9. The summed E-state index contributed by atoms with van der Waals surface area (Å²) in [7, 11) is 0. The van der Waals surface area contributed by atoms with Gasteiger partial charge in [-0.25, -0.2) is 14.6 Å². The van der Waals surface area contributed by atoms with Gasteiger partial charge in [0.1, 0.15) is 12.7 Å². The zero-order valence-corrected chi connectivity index (χ0v) is 17.9. The average Bonchev–Trinajstić information content (AvgIpc) is 3.37. The molecule has 1 aliphatic rings. The first-order valence-electron chi connectivity index (χ1n) is 10.6. The fourth-order valence-electron chi connectivity index (χ4n) is 3.70. The number of aromatic nitrogens is 4. The van der Waals surface area contributed by atoms with Crippen LogP contribution in [0.25, 0.3) is 5.82 Å². The molecule has 1 aliphatic heterocycles. The molecule has 3 heterocycles. The maximum atomic E-state index is 12.9. The van der Waals surface area contributed by atoms with Gasteiger partial charge >= 0.3 is 6.18 Å². The Balaban J connectivity index is 1.17. The van der Waals surface area contributed by atoms with Crippen LogP contribution in [0.4, 0.5) is 18.9 Å². The Kier molecular flexibility index (Phi) is 6.87. The number of hydrogen-bond donors (Lipinski definition) is 1. The quantitative estimate of drug-likeness (QED) is 0.548. The van der Waals surface area contributed by atoms with Gasteiger partial charge < -0.3 is 10.2 Å². The highest BCUT2D eigenvalue weighted by molar-refractivity contribution is 5.93. The van der Waals surface area contributed by atoms with Crippen molar-refractivity contribution in [2.75, 3.05) is 44.2 Å². The highest BCUT2D eigenvalue weighted by Crippen LogP contribution is 2.31. The third-order valence-corrected chi connectivity index (χ3v) is 5.51. The Morgan fingerprint density at radius 1 is 1.09 bits per heavy atom. The number of pyridine rings is 1. The van der Waals surface area contributed by atoms with E-state index in [1.54, 1.807) is 18.2 Å². The van der Waals surface area contributed by atoms with Crippen molar-refractivity contribution in [1.82, 2.24) is 30.0 Å². The predicted octanol–water partition coefficient (Wildman–Crippen LogP) is 2.62. The van der Waals surface area contributed by atoms with Crippen molar-refractivity contribution in [1.29, 1.82) is 0 Å². The highest BCUT2D eigenvalue weighted by atomic mass is 19.4. The van der Waals surface area contributed by atoms with Crippen LogP contribution < -0.4 is 10.2 Å². The molecule has 0 unspecified atom stereocenters. The first kappa shape index (κ1) is 22.7. The van der Waals surface area contributed by atoms with Crippen molar-refractivity contribution < 1.29 is 18.0 Å². The molecule has 4 rings (SSSR count). The van der Waals surface area contributed by atoms with Gasteiger partial charge in [0.05, 0.1) is 11.1 Å². The summed E-state index contributed by atoms with van der Waals surface area (Å²) in [5.74, 6) is 0.385. The third kappa shape index (κ3) is 5.86. The van der Waals surface area contributed by atoms with E-state index in [1.807, 2.05) is 4.90 Å². The molecule has 0 aliphatic carbocycles. The molecule has 1 amide bonds. The number of carbonyl (C=O) groups is 1. The molecule has 8 nitrogen and oxygen atoms in total. The van der Waals surface area contributed by atoms with E-state index >= 15 is 0 Å². The van der Waals surface area contributed by atoms with Crippen LogP contribution in [-0.4, -0.2) is 69.8 Å². The number of halogens is 3. The van der Waals surface area contributed by atoms with Crippen molar-refractivity contribution in [2.24, 2.45) is 0 Å². The van der Waals surface area contributed by atoms with E-state index in [0.717, 1.165) is 32.1 Å². The Hall–Kier alpha value is -3.47. The SMILES string of the molecule is O=C(NCCCN1CCN(c2cccc(C(F)(F)F)c2)CC1)c1ccc(-n2cncn2)nc1. The summed E-state index contributed by atoms with van der Waals surface area (Å²) in [6.07, 6.45) is 0.881. The number of rotatable bonds is 7. The summed E-state index contributed by atoms with van der Waals surface area (Å²) in [6, 6.07) is 8.85. The first-order valence-corrected chi connectivity index (χ1v) is 10.6. The summed E-state index contributed by atoms with van der Waals surface area (Å²) >= 11 is 0. The van der Waals surface area contributed by atoms with Crippen molar-refractivity contribution in [2.45, 2.75) is 12.6 Å². The largest absolute Gasteiger partial charge is 0.416 e. The van der Waals surface area contributed by atoms with Gasteiger partial charge in [0.25, 0.3) is 5.91 Å². The van der Waals surface area contributed by atoms with Gasteiger partial charge in [0, 0.05) is 44.6 Å². The van der Waals surface area contributed by atoms with Gasteiger partial charge in [0.15, 0.2) is 5.82 Å². The molecule has 174 valence electrons. The van der Waals surface area contributed by atoms with Gasteiger partial charge in [-0.15, -0.1) is 0 Å². The van der Waals surface area contributed by atoms with Crippen LogP contribution in [0.5, 0.6) is 0 Å². The van der Waals surface area contributed by atoms with Crippen LogP contribution in [0.1, 0.15) is 22.3 Å². The molecule has 2 aromatic heterocycles. The lowest BCUT2D eigenvalue weighted by Gasteiger charge is -2.36. The van der Waals surface area contributed by atoms with E-state index in [4.69, 9.17) is 0 Å². The molecular weight excluding hydrogens is 435 g/mol. The summed E-state index contributed by atoms with van der Waals surface area (Å²) < 4.78 is 40.3. The van der Waals surface area contributed by atoms with E-state index < -0.39 is 11.7 Å². The summed E-state index contributed by atoms with van der Waals surface area (Å²) in [6.45, 7) is 4.18. The predicted molar refractivity (Wildman–Crippen MR) is 116 cm³/mol. The Labute approximate surface area is 189 Å². The lowest BCUT2D eigenvalue weighted by molar-refractivity contribution is -0.137. The molecule has 0 radical (unpaired) electrons. The third-order valence-electron chi connectivity index (χ3n) is 5.51. The normalized spacial score (nSPS) is 14.9. The minimum Gasteiger partial charge on any atom is -0.369 e. The fourth-order valence-corrected chi connectivity index (χ4v) is 3.70. The van der Waals surface area contributed by atoms with Crippen LogP contribution >= 0.6 is 0 Å². The number of nitrogens with one attached hydrogen (secondary N) is 1. The van der Waals surface area contributed by atoms with Crippen molar-refractivity contribution in [3.8, 4) is 5.82 Å². The second-order valence-electron chi connectivity index (χ2n) is 7.73. The van der Waals surface area contributed by atoms with Gasteiger partial charge in [-0.3, -0.25) is 9.69 Å². The number of hydrogen-bond acceptors (Lipinski definition) is 6. The maximum absolute atomic E-state index is 12.9. The van der Waals surface area contributed by atoms with Gasteiger partial charge in [-0.1, -0.05) is 6.07 Å². The number of alkyl halides is 3. The van der Waals surface area contributed by atoms with E-state index in [9.17, 15) is 18.0 Å². The molecular formula is C22H24F3N7O. The van der Waals surface area contributed by atoms with Crippen molar-refractivity contribution >= 4 is 11.6 Å². The minimum atomic E-state index is -4.34. The molecule has 0 atom stereocenters. The second-order valence-corrected chi connectivity index (χ2v) is 7.73. The van der Waals surface area contributed by atoms with E-state index in [1.165, 1.54) is 35.7 Å². The maximum Gasteiger partial charge on any atom is 0.416 e. The van der Waals surface area contributed by atoms with Crippen molar-refractivity contribution in [3.63, 3.8) is 0 Å². The molecule has 1 aromatic carbocycles. The van der Waals surface area contributed by atoms with Crippen LogP contribution in [0.3, 0.4) is 0 Å². The average molecular weight is 459 g/mol. The van der Waals surface area contributed by atoms with Crippen molar-refractivity contribution in [3.05, 3.63) is 66.4 Å². The van der Waals surface area contributed by atoms with E-state index in [0.29, 0.717) is 36.7 Å². The zero-order chi connectivity index (χ0) is 23.3. The topological polar surface area (TPSA) is 79.2 Å². The summed E-state index contributed by atoms with van der Waals surface area (Å²) in [5.41, 5.74) is 0.440. The minimum absolute atomic E-state index is 0.193. The smallest absolute Gasteiger partial charge is 0.369 e. The number of carbonyl (C=O) groups excluding carboxylic acids is 1. The van der Waals surface area contributed by atoms with Gasteiger partial charge in [-0.05, 0) is 43.3 Å². The van der Waals surface area contributed by atoms with Gasteiger partial charge in [0.2, 0.25) is 0 Å². The Bertz CT molecular complexity index is 1050. The highest BCUT2D eigenvalue weighted by Gasteiger charge is 2.31. The fraction of sp³-hybridized carbons (Fsp3) is 0.364. The molecule has 1 saturated heterocycles. The van der Waals surface area contributed by atoms with E-state index in [2.05, 4.69) is 25.3 Å². The monoisotopic (exact) mass is 459 g/mol. The number of amides is 1. The second kappa shape index (κ2) is 9.99. The molecule has 1 fully saturated rings. The van der Waals surface area contributed by atoms with Gasteiger partial charge in [-0.2, -0.15) is 18.3 Å². The standard InChI is InChI=1S/C22H24F3N7O/c23-22(24,25)18-3-1-4-19(13-18)31-11-9-30(10-12-31)8-2-7-27-21(33)17-5-6-20(28-14-17)32-16-26-15-29-32/h1,3-6,13-16H,2,7-12H2,(H,27,33). The Morgan fingerprint density at radius 2 is 1.91 bits per heavy atom. The number of benzene rings is 1. The number of nitrogens with zero attached hydrogens (tertiary/aromatic N) is 6. The molecule has 0 bridgehead atoms. The number of piperazine rings is 1. The van der Waals surface area contributed by atoms with Crippen LogP contribution in [0.2, 0.25) is 0 Å². The molecule has 0 saturated carbocycles. The lowest BCUT2D eigenvalue weighted by Crippen LogP contribution is -2.47. The summed E-state index contributed by atoms with van der Waals surface area (Å²) in [5, 5.41) is 6.88. The van der Waals surface area contributed by atoms with Crippen LogP contribution in [0, 0.1) is 0 Å². The lowest BCUT2D eigenvalue weighted by atomic mass is 10.1. The van der Waals surface area contributed by atoms with E-state index in [-0.39, 0.29) is 5.91 Å².